The molecule has 126 valence electrons. The van der Waals surface area contributed by atoms with Crippen molar-refractivity contribution in [3.05, 3.63) is 55.0 Å². The highest BCUT2D eigenvalue weighted by Crippen LogP contribution is 2.24. The van der Waals surface area contributed by atoms with Gasteiger partial charge in [-0.15, -0.1) is 0 Å². The lowest BCUT2D eigenvalue weighted by molar-refractivity contribution is 0.598. The number of aromatic amines is 1. The van der Waals surface area contributed by atoms with Gasteiger partial charge in [-0.05, 0) is 0 Å². The number of H-pyrrole nitrogens is 1. The third-order valence-electron chi connectivity index (χ3n) is 3.64. The van der Waals surface area contributed by atoms with Crippen molar-refractivity contribution in [2.45, 2.75) is 5.03 Å². The van der Waals surface area contributed by atoms with E-state index in [2.05, 4.69) is 25.5 Å². The second kappa shape index (κ2) is 5.71. The molecular weight excluding hydrogens is 340 g/mol. The van der Waals surface area contributed by atoms with Crippen molar-refractivity contribution in [2.75, 3.05) is 11.6 Å². The molecule has 4 aromatic rings. The minimum atomic E-state index is -3.36. The standard InChI is InChI=1S/C16H14N6O2S/c1-25(23,24)14-9-13(20-21-14)19-15-16-17-7-8-22(16)10-12(18-15)11-5-3-2-4-6-11/h2-10H,1H3,(H2,18,19,20,21). The normalized spacial score (nSPS) is 11.7. The summed E-state index contributed by atoms with van der Waals surface area (Å²) in [6.07, 6.45) is 6.49. The van der Waals surface area contributed by atoms with Crippen LogP contribution in [0.3, 0.4) is 0 Å². The fourth-order valence-corrected chi connectivity index (χ4v) is 2.98. The van der Waals surface area contributed by atoms with E-state index < -0.39 is 9.84 Å². The molecule has 8 nitrogen and oxygen atoms in total. The molecule has 0 unspecified atom stereocenters. The molecule has 4 rings (SSSR count). The van der Waals surface area contributed by atoms with Gasteiger partial charge in [-0.3, -0.25) is 5.10 Å². The topological polar surface area (TPSA) is 105 Å². The van der Waals surface area contributed by atoms with Crippen molar-refractivity contribution in [2.24, 2.45) is 0 Å². The smallest absolute Gasteiger partial charge is 0.192 e. The molecule has 3 aromatic heterocycles. The first kappa shape index (κ1) is 15.3. The summed E-state index contributed by atoms with van der Waals surface area (Å²) in [6, 6.07) is 11.2. The van der Waals surface area contributed by atoms with Crippen LogP contribution in [0.5, 0.6) is 0 Å². The average Bonchev–Trinajstić information content (AvgIpc) is 3.24. The predicted molar refractivity (Wildman–Crippen MR) is 93.4 cm³/mol. The van der Waals surface area contributed by atoms with Gasteiger partial charge in [0.15, 0.2) is 32.1 Å². The zero-order chi connectivity index (χ0) is 17.4. The molecule has 0 saturated heterocycles. The third-order valence-corrected chi connectivity index (χ3v) is 4.65. The highest BCUT2D eigenvalue weighted by molar-refractivity contribution is 7.90. The number of imidazole rings is 1. The highest BCUT2D eigenvalue weighted by Gasteiger charge is 2.14. The summed E-state index contributed by atoms with van der Waals surface area (Å²) < 4.78 is 25.0. The molecule has 0 saturated carbocycles. The van der Waals surface area contributed by atoms with Crippen LogP contribution in [-0.4, -0.2) is 39.2 Å². The number of aromatic nitrogens is 5. The molecule has 0 radical (unpaired) electrons. The van der Waals surface area contributed by atoms with Gasteiger partial charge in [-0.25, -0.2) is 18.4 Å². The number of hydrogen-bond acceptors (Lipinski definition) is 6. The number of fused-ring (bicyclic) bond motifs is 1. The molecular formula is C16H14N6O2S. The summed E-state index contributed by atoms with van der Waals surface area (Å²) >= 11 is 0. The Balaban J connectivity index is 1.78. The predicted octanol–water partition coefficient (Wildman–Crippen LogP) is 2.27. The van der Waals surface area contributed by atoms with E-state index in [1.165, 1.54) is 6.07 Å². The number of rotatable bonds is 4. The van der Waals surface area contributed by atoms with Crippen LogP contribution in [-0.2, 0) is 9.84 Å². The van der Waals surface area contributed by atoms with E-state index in [0.717, 1.165) is 17.5 Å². The Hall–Kier alpha value is -3.20. The van der Waals surface area contributed by atoms with Crippen LogP contribution < -0.4 is 5.32 Å². The Bertz CT molecular complexity index is 1150. The van der Waals surface area contributed by atoms with Gasteiger partial charge in [0.05, 0.1) is 5.69 Å². The Morgan fingerprint density at radius 3 is 2.72 bits per heavy atom. The van der Waals surface area contributed by atoms with Crippen LogP contribution in [0, 0.1) is 0 Å². The van der Waals surface area contributed by atoms with Gasteiger partial charge < -0.3 is 9.72 Å². The molecule has 0 aliphatic rings. The first-order valence-corrected chi connectivity index (χ1v) is 9.31. The van der Waals surface area contributed by atoms with E-state index in [1.807, 2.05) is 47.1 Å². The largest absolute Gasteiger partial charge is 0.320 e. The van der Waals surface area contributed by atoms with Gasteiger partial charge in [-0.2, -0.15) is 5.10 Å². The van der Waals surface area contributed by atoms with Gasteiger partial charge in [0.2, 0.25) is 0 Å². The Kier molecular flexibility index (Phi) is 3.50. The molecule has 0 aliphatic carbocycles. The summed E-state index contributed by atoms with van der Waals surface area (Å²) in [5.41, 5.74) is 2.33. The van der Waals surface area contributed by atoms with Gasteiger partial charge in [0, 0.05) is 36.5 Å². The minimum absolute atomic E-state index is 0.0357. The minimum Gasteiger partial charge on any atom is -0.320 e. The first-order chi connectivity index (χ1) is 12.0. The first-order valence-electron chi connectivity index (χ1n) is 7.42. The summed E-state index contributed by atoms with van der Waals surface area (Å²) in [7, 11) is -3.36. The lowest BCUT2D eigenvalue weighted by Gasteiger charge is -2.08. The van der Waals surface area contributed by atoms with Crippen LogP contribution in [0.2, 0.25) is 0 Å². The van der Waals surface area contributed by atoms with Gasteiger partial charge >= 0.3 is 0 Å². The molecule has 1 aromatic carbocycles. The number of anilines is 2. The van der Waals surface area contributed by atoms with E-state index in [4.69, 9.17) is 0 Å². The second-order valence-electron chi connectivity index (χ2n) is 5.51. The fraction of sp³-hybridized carbons (Fsp3) is 0.0625. The lowest BCUT2D eigenvalue weighted by atomic mass is 10.2. The molecule has 2 N–H and O–H groups in total. The Morgan fingerprint density at radius 2 is 2.00 bits per heavy atom. The molecule has 0 aliphatic heterocycles. The van der Waals surface area contributed by atoms with Gasteiger partial charge in [0.25, 0.3) is 0 Å². The number of hydrogen-bond donors (Lipinski definition) is 2. The van der Waals surface area contributed by atoms with Crippen molar-refractivity contribution in [1.29, 1.82) is 0 Å². The summed E-state index contributed by atoms with van der Waals surface area (Å²) in [4.78, 5) is 8.90. The zero-order valence-electron chi connectivity index (χ0n) is 13.2. The average molecular weight is 354 g/mol. The van der Waals surface area contributed by atoms with E-state index >= 15 is 0 Å². The SMILES string of the molecule is CS(=O)(=O)c1cc(Nc2nc(-c3ccccc3)cn3ccnc23)n[nH]1. The second-order valence-corrected chi connectivity index (χ2v) is 7.50. The lowest BCUT2D eigenvalue weighted by Crippen LogP contribution is -2.00. The summed E-state index contributed by atoms with van der Waals surface area (Å²) in [5, 5.41) is 9.55. The Morgan fingerprint density at radius 1 is 1.20 bits per heavy atom. The van der Waals surface area contributed by atoms with Gasteiger partial charge in [-0.1, -0.05) is 30.3 Å². The number of nitrogens with zero attached hydrogens (tertiary/aromatic N) is 4. The maximum absolute atomic E-state index is 11.6. The van der Waals surface area contributed by atoms with Gasteiger partial charge in [0.1, 0.15) is 0 Å². The van der Waals surface area contributed by atoms with Crippen molar-refractivity contribution >= 4 is 27.1 Å². The van der Waals surface area contributed by atoms with E-state index in [1.54, 1.807) is 6.20 Å². The van der Waals surface area contributed by atoms with Crippen LogP contribution in [0.1, 0.15) is 0 Å². The van der Waals surface area contributed by atoms with E-state index in [-0.39, 0.29) is 5.03 Å². The molecule has 3 heterocycles. The highest BCUT2D eigenvalue weighted by atomic mass is 32.2. The van der Waals surface area contributed by atoms with Crippen LogP contribution >= 0.6 is 0 Å². The number of sulfone groups is 1. The van der Waals surface area contributed by atoms with Crippen LogP contribution in [0.15, 0.2) is 60.0 Å². The molecule has 0 fully saturated rings. The molecule has 9 heteroatoms. The molecule has 0 amide bonds. The maximum atomic E-state index is 11.6. The molecule has 0 spiro atoms. The Labute approximate surface area is 143 Å². The monoisotopic (exact) mass is 354 g/mol. The summed E-state index contributed by atoms with van der Waals surface area (Å²) in [5.74, 6) is 0.834. The van der Waals surface area contributed by atoms with Crippen LogP contribution in [0.25, 0.3) is 16.9 Å². The molecule has 25 heavy (non-hydrogen) atoms. The fourth-order valence-electron chi connectivity index (χ4n) is 2.44. The summed E-state index contributed by atoms with van der Waals surface area (Å²) in [6.45, 7) is 0. The van der Waals surface area contributed by atoms with Crippen molar-refractivity contribution in [3.63, 3.8) is 0 Å². The third kappa shape index (κ3) is 2.96. The maximum Gasteiger partial charge on any atom is 0.192 e. The molecule has 0 bridgehead atoms. The van der Waals surface area contributed by atoms with Crippen molar-refractivity contribution < 1.29 is 8.42 Å². The number of benzene rings is 1. The van der Waals surface area contributed by atoms with E-state index in [9.17, 15) is 8.42 Å². The van der Waals surface area contributed by atoms with Crippen molar-refractivity contribution in [3.8, 4) is 11.3 Å². The zero-order valence-corrected chi connectivity index (χ0v) is 14.0. The van der Waals surface area contributed by atoms with E-state index in [0.29, 0.717) is 17.3 Å². The van der Waals surface area contributed by atoms with Crippen LogP contribution in [0.4, 0.5) is 11.6 Å². The van der Waals surface area contributed by atoms with Crippen molar-refractivity contribution in [1.82, 2.24) is 24.6 Å². The quantitative estimate of drug-likeness (QED) is 0.582. The molecule has 0 atom stereocenters. The number of nitrogens with one attached hydrogen (secondary N) is 2.